The van der Waals surface area contributed by atoms with E-state index in [2.05, 4.69) is 55.4 Å². The summed E-state index contributed by atoms with van der Waals surface area (Å²) in [7, 11) is 0. The predicted octanol–water partition coefficient (Wildman–Crippen LogP) is 8.49. The summed E-state index contributed by atoms with van der Waals surface area (Å²) in [4.78, 5) is 13.2. The third kappa shape index (κ3) is 7.31. The standard InChI is InChI=1S/C26H50O2/c1-23(2,3)19-25(7,21-15-11-9-12-16-21)27-28-26(8,20-24(4,5)6)22-17-13-10-14-18-22/h21-22H,9-20H2,1-8H3. The molecule has 0 N–H and O–H groups in total. The van der Waals surface area contributed by atoms with Gasteiger partial charge in [-0.15, -0.1) is 0 Å². The third-order valence-electron chi connectivity index (χ3n) is 7.12. The summed E-state index contributed by atoms with van der Waals surface area (Å²) < 4.78 is 0. The van der Waals surface area contributed by atoms with E-state index in [0.29, 0.717) is 11.8 Å². The van der Waals surface area contributed by atoms with Crippen LogP contribution in [0.5, 0.6) is 0 Å². The largest absolute Gasteiger partial charge is 0.229 e. The van der Waals surface area contributed by atoms with Gasteiger partial charge in [-0.25, -0.2) is 9.78 Å². The lowest BCUT2D eigenvalue weighted by Gasteiger charge is -2.47. The van der Waals surface area contributed by atoms with E-state index in [9.17, 15) is 0 Å². The van der Waals surface area contributed by atoms with Gasteiger partial charge in [0, 0.05) is 0 Å². The van der Waals surface area contributed by atoms with E-state index in [1.165, 1.54) is 64.2 Å². The molecule has 2 nitrogen and oxygen atoms in total. The first-order chi connectivity index (χ1) is 12.8. The zero-order valence-corrected chi connectivity index (χ0v) is 20.5. The van der Waals surface area contributed by atoms with Crippen molar-refractivity contribution < 1.29 is 9.78 Å². The van der Waals surface area contributed by atoms with Gasteiger partial charge >= 0.3 is 0 Å². The average molecular weight is 395 g/mol. The Hall–Kier alpha value is -0.0800. The van der Waals surface area contributed by atoms with E-state index in [1.807, 2.05) is 0 Å². The summed E-state index contributed by atoms with van der Waals surface area (Å²) in [6, 6.07) is 0. The zero-order chi connectivity index (χ0) is 21.1. The van der Waals surface area contributed by atoms with Gasteiger partial charge in [0.05, 0.1) is 0 Å². The Morgan fingerprint density at radius 3 is 1.04 bits per heavy atom. The quantitative estimate of drug-likeness (QED) is 0.318. The Kier molecular flexibility index (Phi) is 8.10. The van der Waals surface area contributed by atoms with E-state index in [0.717, 1.165) is 12.8 Å². The van der Waals surface area contributed by atoms with E-state index in [4.69, 9.17) is 9.78 Å². The van der Waals surface area contributed by atoms with Crippen LogP contribution in [0.2, 0.25) is 0 Å². The first kappa shape index (κ1) is 24.2. The molecule has 0 aliphatic heterocycles. The second kappa shape index (κ2) is 9.38. The maximum atomic E-state index is 6.61. The molecule has 0 spiro atoms. The highest BCUT2D eigenvalue weighted by Crippen LogP contribution is 2.46. The maximum absolute atomic E-state index is 6.61. The molecule has 0 saturated heterocycles. The third-order valence-corrected chi connectivity index (χ3v) is 7.12. The Morgan fingerprint density at radius 1 is 0.500 bits per heavy atom. The van der Waals surface area contributed by atoms with Crippen LogP contribution in [0.15, 0.2) is 0 Å². The molecule has 2 heteroatoms. The molecule has 0 heterocycles. The summed E-state index contributed by atoms with van der Waals surface area (Å²) in [6.45, 7) is 18.7. The van der Waals surface area contributed by atoms with Crippen molar-refractivity contribution >= 4 is 0 Å². The molecule has 0 aromatic carbocycles. The van der Waals surface area contributed by atoms with Crippen molar-refractivity contribution in [2.45, 2.75) is 144 Å². The molecular formula is C26H50O2. The van der Waals surface area contributed by atoms with Gasteiger partial charge in [-0.1, -0.05) is 80.1 Å². The second-order valence-corrected chi connectivity index (χ2v) is 12.9. The molecule has 0 aromatic heterocycles. The van der Waals surface area contributed by atoms with Gasteiger partial charge < -0.3 is 0 Å². The Morgan fingerprint density at radius 2 is 0.786 bits per heavy atom. The summed E-state index contributed by atoms with van der Waals surface area (Å²) in [5.41, 5.74) is 0.0978. The van der Waals surface area contributed by atoms with Crippen LogP contribution >= 0.6 is 0 Å². The molecule has 0 radical (unpaired) electrons. The van der Waals surface area contributed by atoms with Gasteiger partial charge in [-0.3, -0.25) is 0 Å². The first-order valence-corrected chi connectivity index (χ1v) is 12.2. The topological polar surface area (TPSA) is 18.5 Å². The molecule has 2 aliphatic rings. The van der Waals surface area contributed by atoms with Crippen LogP contribution in [-0.2, 0) is 9.78 Å². The number of rotatable bonds is 7. The molecule has 2 saturated carbocycles. The molecule has 2 rings (SSSR count). The highest BCUT2D eigenvalue weighted by molar-refractivity contribution is 4.92. The van der Waals surface area contributed by atoms with E-state index in [1.54, 1.807) is 0 Å². The average Bonchev–Trinajstić information content (AvgIpc) is 2.59. The summed E-state index contributed by atoms with van der Waals surface area (Å²) in [5, 5.41) is 0. The molecular weight excluding hydrogens is 344 g/mol. The molecule has 2 aliphatic carbocycles. The Bertz CT molecular complexity index is 416. The normalized spacial score (nSPS) is 25.3. The summed E-state index contributed by atoms with van der Waals surface area (Å²) in [6.07, 6.45) is 15.4. The first-order valence-electron chi connectivity index (χ1n) is 12.2. The lowest BCUT2D eigenvalue weighted by atomic mass is 9.70. The molecule has 28 heavy (non-hydrogen) atoms. The highest BCUT2D eigenvalue weighted by atomic mass is 17.2. The summed E-state index contributed by atoms with van der Waals surface area (Å²) in [5.74, 6) is 1.23. The molecule has 2 unspecified atom stereocenters. The molecule has 0 aromatic rings. The van der Waals surface area contributed by atoms with Gasteiger partial charge in [-0.2, -0.15) is 0 Å². The van der Waals surface area contributed by atoms with Crippen molar-refractivity contribution in [3.05, 3.63) is 0 Å². The minimum atomic E-state index is -0.188. The Labute approximate surface area is 176 Å². The van der Waals surface area contributed by atoms with Crippen LogP contribution in [0.3, 0.4) is 0 Å². The number of hydrogen-bond donors (Lipinski definition) is 0. The smallest absolute Gasteiger partial charge is 0.104 e. The van der Waals surface area contributed by atoms with Crippen molar-refractivity contribution in [2.24, 2.45) is 22.7 Å². The highest BCUT2D eigenvalue weighted by Gasteiger charge is 2.45. The van der Waals surface area contributed by atoms with Crippen LogP contribution in [0.25, 0.3) is 0 Å². The molecule has 0 amide bonds. The Balaban J connectivity index is 2.19. The van der Waals surface area contributed by atoms with Crippen molar-refractivity contribution in [2.75, 3.05) is 0 Å². The van der Waals surface area contributed by atoms with Crippen LogP contribution in [0, 0.1) is 22.7 Å². The van der Waals surface area contributed by atoms with E-state index >= 15 is 0 Å². The molecule has 2 fully saturated rings. The van der Waals surface area contributed by atoms with Crippen LogP contribution < -0.4 is 0 Å². The van der Waals surface area contributed by atoms with Crippen LogP contribution in [0.1, 0.15) is 132 Å². The fourth-order valence-electron chi connectivity index (χ4n) is 6.21. The SMILES string of the molecule is CC(C)(C)CC(C)(OOC(C)(CC(C)(C)C)C1CCCCC1)C1CCCCC1. The molecule has 166 valence electrons. The minimum Gasteiger partial charge on any atom is -0.229 e. The fourth-order valence-corrected chi connectivity index (χ4v) is 6.21. The lowest BCUT2D eigenvalue weighted by molar-refractivity contribution is -0.434. The van der Waals surface area contributed by atoms with Crippen molar-refractivity contribution in [3.8, 4) is 0 Å². The molecule has 2 atom stereocenters. The van der Waals surface area contributed by atoms with Gasteiger partial charge in [0.25, 0.3) is 0 Å². The van der Waals surface area contributed by atoms with Crippen molar-refractivity contribution in [3.63, 3.8) is 0 Å². The second-order valence-electron chi connectivity index (χ2n) is 12.9. The van der Waals surface area contributed by atoms with Crippen molar-refractivity contribution in [1.82, 2.24) is 0 Å². The monoisotopic (exact) mass is 394 g/mol. The van der Waals surface area contributed by atoms with Gasteiger partial charge in [0.15, 0.2) is 0 Å². The maximum Gasteiger partial charge on any atom is 0.104 e. The number of hydrogen-bond acceptors (Lipinski definition) is 2. The van der Waals surface area contributed by atoms with Crippen molar-refractivity contribution in [1.29, 1.82) is 0 Å². The van der Waals surface area contributed by atoms with Crippen LogP contribution in [0.4, 0.5) is 0 Å². The molecule has 0 bridgehead atoms. The van der Waals surface area contributed by atoms with Gasteiger partial charge in [0.2, 0.25) is 0 Å². The van der Waals surface area contributed by atoms with Gasteiger partial charge in [-0.05, 0) is 75.0 Å². The fraction of sp³-hybridized carbons (Fsp3) is 1.00. The van der Waals surface area contributed by atoms with Crippen LogP contribution in [-0.4, -0.2) is 11.2 Å². The van der Waals surface area contributed by atoms with Gasteiger partial charge in [0.1, 0.15) is 11.2 Å². The summed E-state index contributed by atoms with van der Waals surface area (Å²) >= 11 is 0. The lowest BCUT2D eigenvalue weighted by Crippen LogP contribution is -2.48. The minimum absolute atomic E-state index is 0.188. The zero-order valence-electron chi connectivity index (χ0n) is 20.5. The van der Waals surface area contributed by atoms with E-state index < -0.39 is 0 Å². The van der Waals surface area contributed by atoms with E-state index in [-0.39, 0.29) is 22.0 Å². The predicted molar refractivity (Wildman–Crippen MR) is 120 cm³/mol.